The van der Waals surface area contributed by atoms with Crippen molar-refractivity contribution in [2.75, 3.05) is 26.2 Å². The molecular weight excluding hydrogens is 350 g/mol. The van der Waals surface area contributed by atoms with Crippen LogP contribution >= 0.6 is 28.1 Å². The molecule has 118 valence electrons. The van der Waals surface area contributed by atoms with E-state index >= 15 is 0 Å². The van der Waals surface area contributed by atoms with E-state index in [9.17, 15) is 0 Å². The molecule has 4 nitrogen and oxygen atoms in total. The van der Waals surface area contributed by atoms with Gasteiger partial charge in [0, 0.05) is 24.2 Å². The minimum absolute atomic E-state index is 0.0259. The number of ether oxygens (including phenoxy) is 1. The molecule has 1 aromatic heterocycles. The zero-order valence-corrected chi connectivity index (χ0v) is 15.6. The maximum atomic E-state index is 5.91. The fourth-order valence-electron chi connectivity index (χ4n) is 2.53. The molecule has 0 spiro atoms. The monoisotopic (exact) mass is 373 g/mol. The molecule has 0 saturated carbocycles. The average molecular weight is 374 g/mol. The lowest BCUT2D eigenvalue weighted by molar-refractivity contribution is -0.0344. The van der Waals surface area contributed by atoms with Gasteiger partial charge >= 0.3 is 0 Å². The number of H-pyrrole nitrogens is 1. The van der Waals surface area contributed by atoms with Crippen LogP contribution in [-0.2, 0) is 10.2 Å². The highest BCUT2D eigenvalue weighted by Crippen LogP contribution is 2.30. The first-order valence-corrected chi connectivity index (χ1v) is 8.67. The SMILES string of the molecule is CCCN1CCOC(c2nc(=S)c(Br)c(C(C)(C)C)[nH]2)C1. The summed E-state index contributed by atoms with van der Waals surface area (Å²) in [5, 5.41) is 0. The molecule has 0 aromatic carbocycles. The molecule has 0 bridgehead atoms. The molecular formula is C15H24BrN3OS. The third kappa shape index (κ3) is 4.12. The Morgan fingerprint density at radius 3 is 2.81 bits per heavy atom. The Balaban J connectivity index is 2.32. The van der Waals surface area contributed by atoms with E-state index in [4.69, 9.17) is 17.0 Å². The minimum Gasteiger partial charge on any atom is -0.368 e. The van der Waals surface area contributed by atoms with Crippen molar-refractivity contribution in [1.82, 2.24) is 14.9 Å². The molecule has 6 heteroatoms. The Bertz CT molecular complexity index is 551. The Labute approximate surface area is 140 Å². The fourth-order valence-corrected chi connectivity index (χ4v) is 3.52. The zero-order valence-electron chi connectivity index (χ0n) is 13.2. The summed E-state index contributed by atoms with van der Waals surface area (Å²) in [4.78, 5) is 10.4. The van der Waals surface area contributed by atoms with Crippen LogP contribution in [0.1, 0.15) is 51.7 Å². The van der Waals surface area contributed by atoms with Crippen molar-refractivity contribution in [2.24, 2.45) is 0 Å². The number of nitrogens with zero attached hydrogens (tertiary/aromatic N) is 2. The van der Waals surface area contributed by atoms with Gasteiger partial charge in [-0.2, -0.15) is 0 Å². The number of aromatic amines is 1. The molecule has 2 rings (SSSR count). The Morgan fingerprint density at radius 2 is 2.19 bits per heavy atom. The van der Waals surface area contributed by atoms with Gasteiger partial charge in [-0.3, -0.25) is 4.90 Å². The average Bonchev–Trinajstić information content (AvgIpc) is 2.41. The van der Waals surface area contributed by atoms with Crippen LogP contribution in [0.5, 0.6) is 0 Å². The van der Waals surface area contributed by atoms with Gasteiger partial charge in [0.05, 0.1) is 11.1 Å². The predicted octanol–water partition coefficient (Wildman–Crippen LogP) is 3.98. The van der Waals surface area contributed by atoms with E-state index in [2.05, 4.69) is 58.5 Å². The van der Waals surface area contributed by atoms with Gasteiger partial charge < -0.3 is 9.72 Å². The van der Waals surface area contributed by atoms with Gasteiger partial charge in [-0.15, -0.1) is 0 Å². The predicted molar refractivity (Wildman–Crippen MR) is 91.2 cm³/mol. The summed E-state index contributed by atoms with van der Waals surface area (Å²) >= 11 is 8.96. The third-order valence-electron chi connectivity index (χ3n) is 3.63. The molecule has 1 atom stereocenters. The summed E-state index contributed by atoms with van der Waals surface area (Å²) in [7, 11) is 0. The summed E-state index contributed by atoms with van der Waals surface area (Å²) < 4.78 is 7.39. The fraction of sp³-hybridized carbons (Fsp3) is 0.733. The van der Waals surface area contributed by atoms with Crippen LogP contribution in [0.15, 0.2) is 4.47 Å². The van der Waals surface area contributed by atoms with E-state index in [0.29, 0.717) is 4.64 Å². The van der Waals surface area contributed by atoms with Gasteiger partial charge in [-0.05, 0) is 28.9 Å². The lowest BCUT2D eigenvalue weighted by atomic mass is 9.92. The number of hydrogen-bond donors (Lipinski definition) is 1. The molecule has 1 aliphatic rings. The number of hydrogen-bond acceptors (Lipinski definition) is 4. The van der Waals surface area contributed by atoms with Crippen LogP contribution in [0.2, 0.25) is 0 Å². The van der Waals surface area contributed by atoms with Crippen molar-refractivity contribution < 1.29 is 4.74 Å². The molecule has 1 N–H and O–H groups in total. The molecule has 21 heavy (non-hydrogen) atoms. The van der Waals surface area contributed by atoms with Crippen LogP contribution in [0.3, 0.4) is 0 Å². The number of rotatable bonds is 3. The van der Waals surface area contributed by atoms with Gasteiger partial charge in [0.2, 0.25) is 0 Å². The van der Waals surface area contributed by atoms with E-state index in [1.54, 1.807) is 0 Å². The Kier molecular flexibility index (Phi) is 5.57. The Hall–Kier alpha value is -0.300. The zero-order chi connectivity index (χ0) is 15.6. The molecule has 1 unspecified atom stereocenters. The van der Waals surface area contributed by atoms with E-state index in [-0.39, 0.29) is 11.5 Å². The van der Waals surface area contributed by atoms with Crippen molar-refractivity contribution in [1.29, 1.82) is 0 Å². The first-order chi connectivity index (χ1) is 9.82. The molecule has 0 aliphatic carbocycles. The summed E-state index contributed by atoms with van der Waals surface area (Å²) in [5.74, 6) is 0.842. The van der Waals surface area contributed by atoms with Crippen molar-refractivity contribution in [3.8, 4) is 0 Å². The molecule has 1 fully saturated rings. The third-order valence-corrected chi connectivity index (χ3v) is 4.96. The first kappa shape index (κ1) is 17.1. The van der Waals surface area contributed by atoms with E-state index in [1.807, 2.05) is 0 Å². The van der Waals surface area contributed by atoms with E-state index in [0.717, 1.165) is 48.7 Å². The van der Waals surface area contributed by atoms with E-state index in [1.165, 1.54) is 0 Å². The van der Waals surface area contributed by atoms with Crippen LogP contribution in [0.25, 0.3) is 0 Å². The minimum atomic E-state index is -0.0267. The summed E-state index contributed by atoms with van der Waals surface area (Å²) in [6.45, 7) is 12.4. The highest BCUT2D eigenvalue weighted by Gasteiger charge is 2.26. The first-order valence-electron chi connectivity index (χ1n) is 7.47. The molecule has 1 aromatic rings. The topological polar surface area (TPSA) is 41.1 Å². The molecule has 0 radical (unpaired) electrons. The van der Waals surface area contributed by atoms with Gasteiger partial charge in [-0.1, -0.05) is 39.9 Å². The van der Waals surface area contributed by atoms with Crippen LogP contribution in [0.4, 0.5) is 0 Å². The van der Waals surface area contributed by atoms with Gasteiger partial charge in [0.25, 0.3) is 0 Å². The highest BCUT2D eigenvalue weighted by atomic mass is 79.9. The molecule has 1 aliphatic heterocycles. The van der Waals surface area contributed by atoms with E-state index < -0.39 is 0 Å². The van der Waals surface area contributed by atoms with Crippen molar-refractivity contribution >= 4 is 28.1 Å². The molecule has 2 heterocycles. The van der Waals surface area contributed by atoms with Gasteiger partial charge in [0.1, 0.15) is 16.6 Å². The van der Waals surface area contributed by atoms with Gasteiger partial charge in [-0.25, -0.2) is 4.98 Å². The largest absolute Gasteiger partial charge is 0.368 e. The number of halogens is 1. The number of aromatic nitrogens is 2. The second-order valence-electron chi connectivity index (χ2n) is 6.53. The lowest BCUT2D eigenvalue weighted by Crippen LogP contribution is -2.39. The maximum Gasteiger partial charge on any atom is 0.144 e. The highest BCUT2D eigenvalue weighted by molar-refractivity contribution is 9.10. The van der Waals surface area contributed by atoms with Crippen molar-refractivity contribution in [2.45, 2.75) is 45.6 Å². The molecule has 1 saturated heterocycles. The second-order valence-corrected chi connectivity index (χ2v) is 7.71. The Morgan fingerprint density at radius 1 is 1.48 bits per heavy atom. The maximum absolute atomic E-state index is 5.91. The van der Waals surface area contributed by atoms with Crippen molar-refractivity contribution in [3.05, 3.63) is 20.6 Å². The van der Waals surface area contributed by atoms with Crippen LogP contribution < -0.4 is 0 Å². The quantitative estimate of drug-likeness (QED) is 0.813. The van der Waals surface area contributed by atoms with Gasteiger partial charge in [0.15, 0.2) is 0 Å². The normalized spacial score (nSPS) is 20.7. The molecule has 0 amide bonds. The number of morpholine rings is 1. The van der Waals surface area contributed by atoms with Crippen molar-refractivity contribution in [3.63, 3.8) is 0 Å². The number of nitrogens with one attached hydrogen (secondary N) is 1. The second kappa shape index (κ2) is 6.86. The summed E-state index contributed by atoms with van der Waals surface area (Å²) in [5.41, 5.74) is 1.05. The standard InChI is InChI=1S/C15H24BrN3OS/c1-5-6-19-7-8-20-10(9-19)13-17-12(15(2,3)4)11(16)14(21)18-13/h10H,5-9H2,1-4H3,(H,17,18,21). The van der Waals surface area contributed by atoms with Crippen LogP contribution in [0, 0.1) is 4.64 Å². The summed E-state index contributed by atoms with van der Waals surface area (Å²) in [6, 6.07) is 0. The lowest BCUT2D eigenvalue weighted by Gasteiger charge is -2.33. The van der Waals surface area contributed by atoms with Crippen LogP contribution in [-0.4, -0.2) is 41.1 Å². The smallest absolute Gasteiger partial charge is 0.144 e. The summed E-state index contributed by atoms with van der Waals surface area (Å²) in [6.07, 6.45) is 1.13.